The van der Waals surface area contributed by atoms with Gasteiger partial charge in [-0.15, -0.1) is 0 Å². The summed E-state index contributed by atoms with van der Waals surface area (Å²) < 4.78 is 12.8. The largest absolute Gasteiger partial charge is 0.491 e. The molecule has 0 spiro atoms. The zero-order valence-corrected chi connectivity index (χ0v) is 22.0. The van der Waals surface area contributed by atoms with E-state index in [-0.39, 0.29) is 11.9 Å². The van der Waals surface area contributed by atoms with E-state index in [0.717, 1.165) is 36.4 Å². The number of methoxy groups -OCH3 is 1. The molecule has 1 atom stereocenters. The van der Waals surface area contributed by atoms with Crippen LogP contribution in [0.3, 0.4) is 0 Å². The van der Waals surface area contributed by atoms with Gasteiger partial charge in [0.15, 0.2) is 17.0 Å². The molecule has 1 fully saturated rings. The van der Waals surface area contributed by atoms with Crippen molar-refractivity contribution in [2.45, 2.75) is 25.4 Å². The van der Waals surface area contributed by atoms with Gasteiger partial charge in [0.2, 0.25) is 11.9 Å². The molecule has 1 saturated heterocycles. The van der Waals surface area contributed by atoms with Crippen molar-refractivity contribution in [2.75, 3.05) is 44.0 Å². The van der Waals surface area contributed by atoms with Crippen molar-refractivity contribution in [3.63, 3.8) is 0 Å². The predicted molar refractivity (Wildman–Crippen MR) is 151 cm³/mol. The number of hydrogen-bond donors (Lipinski definition) is 2. The van der Waals surface area contributed by atoms with E-state index in [9.17, 15) is 4.79 Å². The molecule has 2 aromatic heterocycles. The monoisotopic (exact) mass is 527 g/mol. The molecule has 0 unspecified atom stereocenters. The predicted octanol–water partition coefficient (Wildman–Crippen LogP) is 4.56. The molecular weight excluding hydrogens is 494 g/mol. The Morgan fingerprint density at radius 3 is 2.72 bits per heavy atom. The molecule has 0 saturated carbocycles. The number of anilines is 3. The van der Waals surface area contributed by atoms with E-state index in [1.54, 1.807) is 13.4 Å². The van der Waals surface area contributed by atoms with Crippen molar-refractivity contribution in [2.24, 2.45) is 0 Å². The second-order valence-corrected chi connectivity index (χ2v) is 9.33. The van der Waals surface area contributed by atoms with Gasteiger partial charge in [-0.3, -0.25) is 4.79 Å². The Morgan fingerprint density at radius 2 is 1.95 bits per heavy atom. The van der Waals surface area contributed by atoms with Crippen LogP contribution in [0.1, 0.15) is 24.4 Å². The fraction of sp³-hybridized carbons (Fsp3) is 0.310. The third kappa shape index (κ3) is 6.35. The van der Waals surface area contributed by atoms with Gasteiger partial charge < -0.3 is 29.6 Å². The summed E-state index contributed by atoms with van der Waals surface area (Å²) in [4.78, 5) is 28.5. The van der Waals surface area contributed by atoms with Crippen molar-refractivity contribution in [3.8, 4) is 5.75 Å². The number of fused-ring (bicyclic) bond motifs is 1. The van der Waals surface area contributed by atoms with Gasteiger partial charge in [0.25, 0.3) is 0 Å². The van der Waals surface area contributed by atoms with Gasteiger partial charge in [-0.1, -0.05) is 36.9 Å². The number of ether oxygens (including phenoxy) is 2. The number of carbonyl (C=O) groups excluding carboxylic acids is 1. The van der Waals surface area contributed by atoms with Gasteiger partial charge in [0.05, 0.1) is 19.0 Å². The normalized spacial score (nSPS) is 15.2. The molecule has 1 aliphatic heterocycles. The zero-order valence-electron chi connectivity index (χ0n) is 22.0. The molecule has 39 heavy (non-hydrogen) atoms. The van der Waals surface area contributed by atoms with Crippen LogP contribution in [0, 0.1) is 0 Å². The van der Waals surface area contributed by atoms with Crippen LogP contribution < -0.4 is 15.4 Å². The summed E-state index contributed by atoms with van der Waals surface area (Å²) in [6.07, 6.45) is 5.00. The molecule has 1 aliphatic rings. The van der Waals surface area contributed by atoms with Crippen molar-refractivity contribution in [3.05, 3.63) is 79.1 Å². The number of hydrogen-bond acceptors (Lipinski definition) is 8. The summed E-state index contributed by atoms with van der Waals surface area (Å²) in [6, 6.07) is 17.8. The maximum Gasteiger partial charge on any atom is 0.246 e. The second-order valence-electron chi connectivity index (χ2n) is 9.33. The number of likely N-dealkylation sites (tertiary alicyclic amines) is 1. The molecule has 2 N–H and O–H groups in total. The van der Waals surface area contributed by atoms with Crippen LogP contribution >= 0.6 is 0 Å². The average molecular weight is 528 g/mol. The highest BCUT2D eigenvalue weighted by molar-refractivity contribution is 5.87. The smallest absolute Gasteiger partial charge is 0.246 e. The van der Waals surface area contributed by atoms with Crippen LogP contribution in [0.5, 0.6) is 5.75 Å². The summed E-state index contributed by atoms with van der Waals surface area (Å²) >= 11 is 0. The molecule has 202 valence electrons. The highest BCUT2D eigenvalue weighted by Gasteiger charge is 2.26. The summed E-state index contributed by atoms with van der Waals surface area (Å²) in [6.45, 7) is 6.57. The van der Waals surface area contributed by atoms with Gasteiger partial charge >= 0.3 is 0 Å². The van der Waals surface area contributed by atoms with E-state index in [2.05, 4.69) is 38.9 Å². The Hall–Kier alpha value is -4.44. The quantitative estimate of drug-likeness (QED) is 0.216. The molecule has 10 nitrogen and oxygen atoms in total. The number of aromatic nitrogens is 4. The minimum Gasteiger partial charge on any atom is -0.491 e. The number of carbonyl (C=O) groups is 1. The third-order valence-corrected chi connectivity index (χ3v) is 6.67. The third-order valence-electron chi connectivity index (χ3n) is 6.67. The number of benzene rings is 2. The Labute approximate surface area is 227 Å². The highest BCUT2D eigenvalue weighted by Crippen LogP contribution is 2.29. The van der Waals surface area contributed by atoms with Gasteiger partial charge in [0.1, 0.15) is 12.4 Å². The first-order valence-corrected chi connectivity index (χ1v) is 13.1. The first kappa shape index (κ1) is 26.2. The maximum atomic E-state index is 12.3. The lowest BCUT2D eigenvalue weighted by Crippen LogP contribution is -2.39. The number of piperidine rings is 1. The van der Waals surface area contributed by atoms with Crippen LogP contribution in [-0.2, 0) is 16.1 Å². The van der Waals surface area contributed by atoms with Crippen molar-refractivity contribution in [1.29, 1.82) is 0 Å². The minimum absolute atomic E-state index is 0.0547. The molecule has 5 rings (SSSR count). The SMILES string of the molecule is C=CC(=O)N1CCC[C@H](n2cnc3c(NCc4ccccc4)nc(Nc4ccc(OCCOC)cc4)nc32)C1. The summed E-state index contributed by atoms with van der Waals surface area (Å²) in [7, 11) is 1.65. The molecule has 0 aliphatic carbocycles. The Balaban J connectivity index is 1.43. The first-order chi connectivity index (χ1) is 19.1. The van der Waals surface area contributed by atoms with Crippen molar-refractivity contribution >= 4 is 34.5 Å². The van der Waals surface area contributed by atoms with Crippen LogP contribution in [-0.4, -0.2) is 63.7 Å². The number of imidazole rings is 1. The van der Waals surface area contributed by atoms with Crippen molar-refractivity contribution in [1.82, 2.24) is 24.4 Å². The standard InChI is InChI=1S/C29H33N7O3/c1-3-25(37)35-15-7-10-23(19-35)36-20-31-26-27(30-18-21-8-5-4-6-9-21)33-29(34-28(26)36)32-22-11-13-24(14-12-22)39-17-16-38-2/h3-6,8-9,11-14,20,23H,1,7,10,15-19H2,2H3,(H2,30,32,33,34)/t23-/m0/s1. The molecule has 0 bridgehead atoms. The number of rotatable bonds is 11. The van der Waals surface area contributed by atoms with E-state index in [0.29, 0.717) is 49.2 Å². The van der Waals surface area contributed by atoms with E-state index in [1.807, 2.05) is 47.4 Å². The van der Waals surface area contributed by atoms with E-state index < -0.39 is 0 Å². The minimum atomic E-state index is -0.0547. The molecule has 0 radical (unpaired) electrons. The fourth-order valence-electron chi connectivity index (χ4n) is 4.66. The Morgan fingerprint density at radius 1 is 1.13 bits per heavy atom. The summed E-state index contributed by atoms with van der Waals surface area (Å²) in [5, 5.41) is 6.77. The number of amides is 1. The van der Waals surface area contributed by atoms with Gasteiger partial charge in [-0.2, -0.15) is 9.97 Å². The van der Waals surface area contributed by atoms with Gasteiger partial charge in [0, 0.05) is 32.4 Å². The maximum absolute atomic E-state index is 12.3. The summed E-state index contributed by atoms with van der Waals surface area (Å²) in [5.41, 5.74) is 3.35. The molecule has 4 aromatic rings. The summed E-state index contributed by atoms with van der Waals surface area (Å²) in [5.74, 6) is 1.79. The second kappa shape index (κ2) is 12.4. The molecule has 3 heterocycles. The van der Waals surface area contributed by atoms with Crippen LogP contribution in [0.2, 0.25) is 0 Å². The first-order valence-electron chi connectivity index (χ1n) is 13.1. The topological polar surface area (TPSA) is 106 Å². The lowest BCUT2D eigenvalue weighted by Gasteiger charge is -2.32. The number of nitrogens with one attached hydrogen (secondary N) is 2. The van der Waals surface area contributed by atoms with Gasteiger partial charge in [-0.25, -0.2) is 4.98 Å². The van der Waals surface area contributed by atoms with E-state index >= 15 is 0 Å². The van der Waals surface area contributed by atoms with E-state index in [4.69, 9.17) is 19.4 Å². The van der Waals surface area contributed by atoms with Crippen molar-refractivity contribution < 1.29 is 14.3 Å². The van der Waals surface area contributed by atoms with E-state index in [1.165, 1.54) is 6.08 Å². The number of nitrogens with zero attached hydrogens (tertiary/aromatic N) is 5. The van der Waals surface area contributed by atoms with Crippen LogP contribution in [0.25, 0.3) is 11.2 Å². The highest BCUT2D eigenvalue weighted by atomic mass is 16.5. The molecular formula is C29H33N7O3. The lowest BCUT2D eigenvalue weighted by molar-refractivity contribution is -0.127. The molecule has 2 aromatic carbocycles. The Kier molecular flexibility index (Phi) is 8.33. The lowest BCUT2D eigenvalue weighted by atomic mass is 10.1. The molecule has 1 amide bonds. The average Bonchev–Trinajstić information content (AvgIpc) is 3.41. The molecule has 10 heteroatoms. The zero-order chi connectivity index (χ0) is 27.0. The Bertz CT molecular complexity index is 1410. The van der Waals surface area contributed by atoms with Gasteiger partial charge in [-0.05, 0) is 48.7 Å². The van der Waals surface area contributed by atoms with Crippen LogP contribution in [0.4, 0.5) is 17.5 Å². The van der Waals surface area contributed by atoms with Crippen LogP contribution in [0.15, 0.2) is 73.6 Å². The fourth-order valence-corrected chi connectivity index (χ4v) is 4.66.